The Kier molecular flexibility index (Phi) is 5.39. The van der Waals surface area contributed by atoms with Crippen molar-refractivity contribution in [3.63, 3.8) is 0 Å². The molecule has 0 aliphatic carbocycles. The second-order valence-electron chi connectivity index (χ2n) is 7.17. The van der Waals surface area contributed by atoms with Crippen molar-refractivity contribution in [3.8, 4) is 11.1 Å². The zero-order valence-corrected chi connectivity index (χ0v) is 16.3. The maximum atomic E-state index is 12.5. The molecule has 0 fully saturated rings. The molecule has 0 spiro atoms. The van der Waals surface area contributed by atoms with Crippen molar-refractivity contribution in [2.45, 2.75) is 19.4 Å². The maximum absolute atomic E-state index is 12.5. The minimum absolute atomic E-state index is 0.0939. The van der Waals surface area contributed by atoms with Gasteiger partial charge in [0.2, 0.25) is 5.91 Å². The van der Waals surface area contributed by atoms with Gasteiger partial charge in [-0.3, -0.25) is 4.79 Å². The van der Waals surface area contributed by atoms with Crippen LogP contribution in [0.25, 0.3) is 33.1 Å². The van der Waals surface area contributed by atoms with Gasteiger partial charge in [-0.05, 0) is 24.1 Å². The van der Waals surface area contributed by atoms with E-state index in [-0.39, 0.29) is 18.5 Å². The number of aryl methyl sites for hydroxylation is 1. The normalized spacial score (nSPS) is 12.4. The summed E-state index contributed by atoms with van der Waals surface area (Å²) in [6, 6.07) is 13.4. The molecule has 2 aromatic heterocycles. The first kappa shape index (κ1) is 19.9. The predicted molar refractivity (Wildman–Crippen MR) is 112 cm³/mol. The van der Waals surface area contributed by atoms with E-state index < -0.39 is 24.2 Å². The van der Waals surface area contributed by atoms with Crippen molar-refractivity contribution >= 4 is 27.8 Å². The van der Waals surface area contributed by atoms with E-state index in [1.165, 1.54) is 0 Å². The monoisotopic (exact) mass is 407 g/mol. The average molecular weight is 407 g/mol. The Morgan fingerprint density at radius 1 is 1.13 bits per heavy atom. The summed E-state index contributed by atoms with van der Waals surface area (Å²) >= 11 is 0. The molecule has 0 aliphatic heterocycles. The lowest BCUT2D eigenvalue weighted by atomic mass is 9.99. The molecule has 0 bridgehead atoms. The molecular weight excluding hydrogens is 386 g/mol. The predicted octanol–water partition coefficient (Wildman–Crippen LogP) is 2.53. The highest BCUT2D eigenvalue weighted by Gasteiger charge is 2.18. The first-order chi connectivity index (χ1) is 14.5. The summed E-state index contributed by atoms with van der Waals surface area (Å²) in [4.78, 5) is 24.7. The van der Waals surface area contributed by atoms with E-state index in [4.69, 9.17) is 13.9 Å². The highest BCUT2D eigenvalue weighted by atomic mass is 16.4. The molecule has 4 aromatic rings. The molecule has 0 saturated carbocycles. The van der Waals surface area contributed by atoms with Gasteiger partial charge in [0.15, 0.2) is 0 Å². The van der Waals surface area contributed by atoms with Gasteiger partial charge in [0.1, 0.15) is 11.2 Å². The molecule has 1 atom stereocenters. The molecule has 0 saturated heterocycles. The van der Waals surface area contributed by atoms with E-state index in [2.05, 4.69) is 5.32 Å². The summed E-state index contributed by atoms with van der Waals surface area (Å²) in [5.41, 5.74) is 3.24. The summed E-state index contributed by atoms with van der Waals surface area (Å²) in [6.07, 6.45) is 0.443. The van der Waals surface area contributed by atoms with E-state index in [0.29, 0.717) is 16.7 Å². The van der Waals surface area contributed by atoms with E-state index in [1.807, 2.05) is 36.4 Å². The Morgan fingerprint density at radius 3 is 2.63 bits per heavy atom. The van der Waals surface area contributed by atoms with Gasteiger partial charge in [-0.2, -0.15) is 0 Å². The van der Waals surface area contributed by atoms with Crippen LogP contribution in [-0.4, -0.2) is 35.4 Å². The molecule has 0 aliphatic rings. The number of hydrogen-bond acceptors (Lipinski definition) is 6. The highest BCUT2D eigenvalue weighted by Crippen LogP contribution is 2.34. The first-order valence-electron chi connectivity index (χ1n) is 9.56. The van der Waals surface area contributed by atoms with Crippen LogP contribution in [-0.2, 0) is 11.2 Å². The van der Waals surface area contributed by atoms with Gasteiger partial charge in [-0.1, -0.05) is 30.3 Å². The van der Waals surface area contributed by atoms with Crippen LogP contribution in [0.2, 0.25) is 0 Å². The van der Waals surface area contributed by atoms with Crippen molar-refractivity contribution in [3.05, 3.63) is 70.3 Å². The number of aliphatic hydroxyl groups is 2. The van der Waals surface area contributed by atoms with Crippen LogP contribution < -0.4 is 10.9 Å². The zero-order valence-electron chi connectivity index (χ0n) is 16.3. The summed E-state index contributed by atoms with van der Waals surface area (Å²) in [5.74, 6) is -0.438. The number of carbonyl (C=O) groups is 1. The average Bonchev–Trinajstić information content (AvgIpc) is 3.17. The summed E-state index contributed by atoms with van der Waals surface area (Å²) in [7, 11) is 0. The van der Waals surface area contributed by atoms with Crippen molar-refractivity contribution in [1.82, 2.24) is 5.32 Å². The number of rotatable bonds is 6. The molecule has 4 rings (SSSR count). The van der Waals surface area contributed by atoms with Crippen LogP contribution >= 0.6 is 0 Å². The quantitative estimate of drug-likeness (QED) is 0.424. The standard InChI is InChI=1S/C23H21NO6/c1-13-16-7-18-19(14-5-3-2-4-6-14)12-29-20(18)9-21(16)30-23(28)17(13)8-22(27)24-10-15(26)11-25/h2-7,9,12,15,25-26H,8,10-11H2,1H3,(H,24,27)/t15-/m0/s1. The van der Waals surface area contributed by atoms with Crippen LogP contribution in [0.4, 0.5) is 0 Å². The van der Waals surface area contributed by atoms with Crippen LogP contribution in [0.5, 0.6) is 0 Å². The minimum atomic E-state index is -1.05. The van der Waals surface area contributed by atoms with E-state index in [9.17, 15) is 14.7 Å². The number of benzene rings is 2. The Morgan fingerprint density at radius 2 is 1.90 bits per heavy atom. The fraction of sp³-hybridized carbons (Fsp3) is 0.217. The van der Waals surface area contributed by atoms with Crippen molar-refractivity contribution in [2.24, 2.45) is 0 Å². The summed E-state index contributed by atoms with van der Waals surface area (Å²) < 4.78 is 11.1. The smallest absolute Gasteiger partial charge is 0.340 e. The molecule has 0 radical (unpaired) electrons. The number of furan rings is 1. The van der Waals surface area contributed by atoms with E-state index in [1.54, 1.807) is 19.3 Å². The molecule has 1 amide bonds. The minimum Gasteiger partial charge on any atom is -0.464 e. The molecule has 7 heteroatoms. The molecule has 0 unspecified atom stereocenters. The molecule has 7 nitrogen and oxygen atoms in total. The second-order valence-corrected chi connectivity index (χ2v) is 7.17. The third-order valence-corrected chi connectivity index (χ3v) is 5.15. The molecular formula is C23H21NO6. The largest absolute Gasteiger partial charge is 0.464 e. The third-order valence-electron chi connectivity index (χ3n) is 5.15. The summed E-state index contributed by atoms with van der Waals surface area (Å²) in [5, 5.41) is 22.3. The SMILES string of the molecule is Cc1c(CC(=O)NC[C@H](O)CO)c(=O)oc2cc3occ(-c4ccccc4)c3cc12. The van der Waals surface area contributed by atoms with Crippen LogP contribution in [0.15, 0.2) is 62.4 Å². The van der Waals surface area contributed by atoms with Crippen LogP contribution in [0.3, 0.4) is 0 Å². The van der Waals surface area contributed by atoms with E-state index in [0.717, 1.165) is 21.9 Å². The zero-order chi connectivity index (χ0) is 21.3. The van der Waals surface area contributed by atoms with Gasteiger partial charge >= 0.3 is 5.63 Å². The Labute approximate surface area is 171 Å². The van der Waals surface area contributed by atoms with Crippen LogP contribution in [0, 0.1) is 6.92 Å². The summed E-state index contributed by atoms with van der Waals surface area (Å²) in [6.45, 7) is 1.23. The number of carbonyl (C=O) groups excluding carboxylic acids is 1. The molecule has 2 aromatic carbocycles. The Balaban J connectivity index is 1.75. The van der Waals surface area contributed by atoms with Crippen molar-refractivity contribution < 1.29 is 23.8 Å². The maximum Gasteiger partial charge on any atom is 0.340 e. The second kappa shape index (κ2) is 8.14. The molecule has 154 valence electrons. The lowest BCUT2D eigenvalue weighted by molar-refractivity contribution is -0.121. The lowest BCUT2D eigenvalue weighted by Crippen LogP contribution is -2.35. The van der Waals surface area contributed by atoms with Gasteiger partial charge in [-0.25, -0.2) is 4.79 Å². The Bertz CT molecular complexity index is 1270. The lowest BCUT2D eigenvalue weighted by Gasteiger charge is -2.11. The van der Waals surface area contributed by atoms with Gasteiger partial charge in [0.05, 0.1) is 31.0 Å². The van der Waals surface area contributed by atoms with Crippen molar-refractivity contribution in [2.75, 3.05) is 13.2 Å². The number of amides is 1. The Hall–Kier alpha value is -3.42. The molecule has 3 N–H and O–H groups in total. The molecule has 30 heavy (non-hydrogen) atoms. The number of aliphatic hydroxyl groups excluding tert-OH is 2. The topological polar surface area (TPSA) is 113 Å². The first-order valence-corrected chi connectivity index (χ1v) is 9.56. The van der Waals surface area contributed by atoms with E-state index >= 15 is 0 Å². The fourth-order valence-electron chi connectivity index (χ4n) is 3.47. The number of nitrogens with one attached hydrogen (secondary N) is 1. The highest BCUT2D eigenvalue weighted by molar-refractivity contribution is 6.02. The third kappa shape index (κ3) is 3.72. The van der Waals surface area contributed by atoms with Gasteiger partial charge < -0.3 is 24.4 Å². The van der Waals surface area contributed by atoms with Gasteiger partial charge in [0.25, 0.3) is 0 Å². The molecule has 2 heterocycles. The fourth-order valence-corrected chi connectivity index (χ4v) is 3.47. The number of fused-ring (bicyclic) bond motifs is 2. The van der Waals surface area contributed by atoms with Crippen molar-refractivity contribution in [1.29, 1.82) is 0 Å². The van der Waals surface area contributed by atoms with Gasteiger partial charge in [0, 0.05) is 28.9 Å². The number of hydrogen-bond donors (Lipinski definition) is 3. The van der Waals surface area contributed by atoms with Gasteiger partial charge in [-0.15, -0.1) is 0 Å². The van der Waals surface area contributed by atoms with Crippen LogP contribution in [0.1, 0.15) is 11.1 Å².